The molecule has 12 aromatic rings. The molecule has 3 heterocycles. The number of hydrogen-bond donors (Lipinski definition) is 0. The fourth-order valence-corrected chi connectivity index (χ4v) is 10.9. The molecule has 0 radical (unpaired) electrons. The highest BCUT2D eigenvalue weighted by Crippen LogP contribution is 2.43. The highest BCUT2D eigenvalue weighted by molar-refractivity contribution is 7.25. The molecule has 0 atom stereocenters. The third-order valence-electron chi connectivity index (χ3n) is 12.8. The number of allylic oxidation sites excluding steroid dienone is 1. The van der Waals surface area contributed by atoms with Gasteiger partial charge < -0.3 is 4.42 Å². The largest absolute Gasteiger partial charge is 0.456 e. The molecule has 0 fully saturated rings. The van der Waals surface area contributed by atoms with Gasteiger partial charge in [0.05, 0.1) is 0 Å². The summed E-state index contributed by atoms with van der Waals surface area (Å²) in [6.45, 7) is 0. The van der Waals surface area contributed by atoms with Crippen molar-refractivity contribution in [3.05, 3.63) is 205 Å². The van der Waals surface area contributed by atoms with E-state index in [0.717, 1.165) is 78.9 Å². The lowest BCUT2D eigenvalue weighted by Gasteiger charge is -2.15. The van der Waals surface area contributed by atoms with E-state index in [0.29, 0.717) is 17.5 Å². The fourth-order valence-electron chi connectivity index (χ4n) is 9.82. The van der Waals surface area contributed by atoms with Crippen LogP contribution in [0.15, 0.2) is 199 Å². The Morgan fingerprint density at radius 2 is 1.06 bits per heavy atom. The predicted octanol–water partition coefficient (Wildman–Crippen LogP) is 16.3. The molecular weight excluding hydrogens is 799 g/mol. The maximum absolute atomic E-state index is 6.70. The fraction of sp³-hybridized carbons (Fsp3) is 0.0339. The standard InChI is InChI=1S/C59H37N3OS/c1-2-14-36(15-3-1)42-31-32-49(44-20-7-6-19-43(42)44)59-61-57(39-29-33-55-51(34-39)46-22-10-11-27-54(46)64-55)60-58(62-59)48-23-9-8-21-45(48)47-25-13-26-52-56(47)50-30-28-38(35-53(50)63-52)41-24-12-17-37-16-4-5-18-40(37)41/h1-3,5-15,17-35H,4,16H2. The zero-order valence-electron chi connectivity index (χ0n) is 34.6. The van der Waals surface area contributed by atoms with Crippen molar-refractivity contribution in [2.75, 3.05) is 0 Å². The molecule has 13 rings (SSSR count). The first-order valence-electron chi connectivity index (χ1n) is 21.8. The van der Waals surface area contributed by atoms with Gasteiger partial charge in [0.2, 0.25) is 0 Å². The van der Waals surface area contributed by atoms with Gasteiger partial charge in [0.1, 0.15) is 11.2 Å². The maximum atomic E-state index is 6.70. The molecule has 0 amide bonds. The van der Waals surface area contributed by atoms with Crippen LogP contribution in [0.3, 0.4) is 0 Å². The number of fused-ring (bicyclic) bond motifs is 8. The topological polar surface area (TPSA) is 51.8 Å². The van der Waals surface area contributed by atoms with E-state index in [1.165, 1.54) is 48.0 Å². The van der Waals surface area contributed by atoms with Crippen LogP contribution in [0, 0.1) is 0 Å². The molecule has 0 saturated heterocycles. The lowest BCUT2D eigenvalue weighted by molar-refractivity contribution is 0.669. The Balaban J connectivity index is 1.01. The first kappa shape index (κ1) is 36.6. The van der Waals surface area contributed by atoms with E-state index < -0.39 is 0 Å². The molecule has 64 heavy (non-hydrogen) atoms. The van der Waals surface area contributed by atoms with Crippen LogP contribution in [-0.4, -0.2) is 15.0 Å². The molecule has 0 unspecified atom stereocenters. The van der Waals surface area contributed by atoms with Crippen LogP contribution in [0.2, 0.25) is 0 Å². The summed E-state index contributed by atoms with van der Waals surface area (Å²) < 4.78 is 9.20. The normalized spacial score (nSPS) is 12.5. The third-order valence-corrected chi connectivity index (χ3v) is 14.0. The van der Waals surface area contributed by atoms with Crippen molar-refractivity contribution in [2.24, 2.45) is 0 Å². The van der Waals surface area contributed by atoms with E-state index in [1.54, 1.807) is 0 Å². The molecule has 5 heteroatoms. The smallest absolute Gasteiger partial charge is 0.164 e. The Hall–Kier alpha value is -7.99. The monoisotopic (exact) mass is 835 g/mol. The Labute approximate surface area is 373 Å². The van der Waals surface area contributed by atoms with Gasteiger partial charge >= 0.3 is 0 Å². The summed E-state index contributed by atoms with van der Waals surface area (Å²) in [5, 5.41) is 6.80. The lowest BCUT2D eigenvalue weighted by Crippen LogP contribution is -2.01. The zero-order chi connectivity index (χ0) is 42.1. The van der Waals surface area contributed by atoms with Crippen LogP contribution in [0.5, 0.6) is 0 Å². The van der Waals surface area contributed by atoms with Crippen LogP contribution >= 0.6 is 11.3 Å². The van der Waals surface area contributed by atoms with Crippen molar-refractivity contribution in [2.45, 2.75) is 12.8 Å². The van der Waals surface area contributed by atoms with Crippen molar-refractivity contribution in [3.63, 3.8) is 0 Å². The molecule has 0 aliphatic heterocycles. The molecule has 300 valence electrons. The molecular formula is C59H37N3OS. The summed E-state index contributed by atoms with van der Waals surface area (Å²) in [4.78, 5) is 16.1. The minimum Gasteiger partial charge on any atom is -0.456 e. The van der Waals surface area contributed by atoms with Gasteiger partial charge in [-0.2, -0.15) is 0 Å². The average Bonchev–Trinajstić information content (AvgIpc) is 3.94. The number of thiophene rings is 1. The van der Waals surface area contributed by atoms with E-state index >= 15 is 0 Å². The van der Waals surface area contributed by atoms with Crippen molar-refractivity contribution < 1.29 is 4.42 Å². The number of nitrogens with zero attached hydrogens (tertiary/aromatic N) is 3. The molecule has 1 aliphatic rings. The first-order valence-corrected chi connectivity index (χ1v) is 22.6. The minimum atomic E-state index is 0.607. The second-order valence-corrected chi connectivity index (χ2v) is 17.6. The number of rotatable bonds is 6. The first-order chi connectivity index (χ1) is 31.7. The van der Waals surface area contributed by atoms with Crippen molar-refractivity contribution in [1.29, 1.82) is 0 Å². The predicted molar refractivity (Wildman–Crippen MR) is 267 cm³/mol. The molecule has 4 nitrogen and oxygen atoms in total. The van der Waals surface area contributed by atoms with Gasteiger partial charge in [-0.3, -0.25) is 0 Å². The van der Waals surface area contributed by atoms with Crippen LogP contribution < -0.4 is 0 Å². The summed E-state index contributed by atoms with van der Waals surface area (Å²) in [5.41, 5.74) is 14.0. The van der Waals surface area contributed by atoms with Crippen LogP contribution in [0.1, 0.15) is 17.5 Å². The van der Waals surface area contributed by atoms with Crippen LogP contribution in [0.25, 0.3) is 127 Å². The third kappa shape index (κ3) is 6.00. The summed E-state index contributed by atoms with van der Waals surface area (Å²) in [6, 6.07) is 66.8. The molecule has 0 N–H and O–H groups in total. The Morgan fingerprint density at radius 1 is 0.391 bits per heavy atom. The number of aryl methyl sites for hydroxylation is 1. The number of hydrogen-bond acceptors (Lipinski definition) is 5. The van der Waals surface area contributed by atoms with Gasteiger partial charge in [-0.1, -0.05) is 152 Å². The van der Waals surface area contributed by atoms with E-state index in [9.17, 15) is 0 Å². The maximum Gasteiger partial charge on any atom is 0.164 e. The summed E-state index contributed by atoms with van der Waals surface area (Å²) in [7, 11) is 0. The van der Waals surface area contributed by atoms with E-state index in [-0.39, 0.29) is 0 Å². The molecule has 0 bridgehead atoms. The van der Waals surface area contributed by atoms with Gasteiger partial charge in [-0.25, -0.2) is 15.0 Å². The number of furan rings is 1. The summed E-state index contributed by atoms with van der Waals surface area (Å²) in [6.07, 6.45) is 6.70. The highest BCUT2D eigenvalue weighted by Gasteiger charge is 2.22. The second kappa shape index (κ2) is 14.8. The Kier molecular flexibility index (Phi) is 8.49. The van der Waals surface area contributed by atoms with Crippen LogP contribution in [0.4, 0.5) is 0 Å². The SMILES string of the molecule is C1=Cc2c(cccc2-c2ccc3c(c2)oc2cccc(-c4ccccc4-c4nc(-c5ccc6sc7ccccc7c6c5)nc(-c5ccc(-c6ccccc6)c6ccccc56)n4)c23)CC1. The van der Waals surface area contributed by atoms with Crippen molar-refractivity contribution in [1.82, 2.24) is 15.0 Å². The van der Waals surface area contributed by atoms with E-state index in [4.69, 9.17) is 19.4 Å². The quantitative estimate of drug-likeness (QED) is 0.167. The highest BCUT2D eigenvalue weighted by atomic mass is 32.1. The van der Waals surface area contributed by atoms with Crippen molar-refractivity contribution >= 4 is 70.3 Å². The molecule has 0 saturated carbocycles. The van der Waals surface area contributed by atoms with Gasteiger partial charge in [0, 0.05) is 47.6 Å². The second-order valence-electron chi connectivity index (χ2n) is 16.5. The molecule has 9 aromatic carbocycles. The van der Waals surface area contributed by atoms with Gasteiger partial charge in [-0.05, 0) is 117 Å². The lowest BCUT2D eigenvalue weighted by atomic mass is 9.89. The molecule has 1 aliphatic carbocycles. The molecule has 3 aromatic heterocycles. The van der Waals surface area contributed by atoms with E-state index in [2.05, 4.69) is 200 Å². The minimum absolute atomic E-state index is 0.607. The van der Waals surface area contributed by atoms with Gasteiger partial charge in [0.15, 0.2) is 17.5 Å². The van der Waals surface area contributed by atoms with Gasteiger partial charge in [-0.15, -0.1) is 11.3 Å². The number of aromatic nitrogens is 3. The van der Waals surface area contributed by atoms with Crippen molar-refractivity contribution in [3.8, 4) is 67.5 Å². The zero-order valence-corrected chi connectivity index (χ0v) is 35.4. The summed E-state index contributed by atoms with van der Waals surface area (Å²) in [5.74, 6) is 1.86. The molecule has 0 spiro atoms. The van der Waals surface area contributed by atoms with Crippen LogP contribution in [-0.2, 0) is 6.42 Å². The Morgan fingerprint density at radius 3 is 1.95 bits per heavy atom. The Bertz CT molecular complexity index is 3860. The summed E-state index contributed by atoms with van der Waals surface area (Å²) >= 11 is 1.81. The number of benzene rings is 9. The average molecular weight is 836 g/mol. The van der Waals surface area contributed by atoms with Gasteiger partial charge in [0.25, 0.3) is 0 Å². The van der Waals surface area contributed by atoms with E-state index in [1.807, 2.05) is 11.3 Å².